The van der Waals surface area contributed by atoms with Crippen LogP contribution in [0.25, 0.3) is 0 Å². The number of nitrogens with one attached hydrogen (secondary N) is 1. The molecule has 0 unspecified atom stereocenters. The Morgan fingerprint density at radius 1 is 1.32 bits per heavy atom. The van der Waals surface area contributed by atoms with E-state index < -0.39 is 0 Å². The summed E-state index contributed by atoms with van der Waals surface area (Å²) in [6.07, 6.45) is 5.56. The summed E-state index contributed by atoms with van der Waals surface area (Å²) in [7, 11) is 0. The molecule has 4 heteroatoms. The number of nitrogens with two attached hydrogens (primary N) is 1. The molecule has 0 heterocycles. The van der Waals surface area contributed by atoms with Crippen molar-refractivity contribution in [2.75, 3.05) is 19.6 Å². The van der Waals surface area contributed by atoms with Crippen LogP contribution in [0.3, 0.4) is 0 Å². The quantitative estimate of drug-likeness (QED) is 0.740. The van der Waals surface area contributed by atoms with Gasteiger partial charge in [0.15, 0.2) is 0 Å². The van der Waals surface area contributed by atoms with Crippen LogP contribution < -0.4 is 11.1 Å². The number of carbonyl (C=O) groups excluding carboxylic acids is 1. The highest BCUT2D eigenvalue weighted by molar-refractivity contribution is 5.78. The maximum Gasteiger partial charge on any atom is 0.234 e. The molecule has 4 nitrogen and oxygen atoms in total. The molecule has 0 saturated heterocycles. The van der Waals surface area contributed by atoms with Gasteiger partial charge in [0.1, 0.15) is 0 Å². The van der Waals surface area contributed by atoms with Crippen molar-refractivity contribution >= 4 is 5.91 Å². The van der Waals surface area contributed by atoms with Gasteiger partial charge in [-0.05, 0) is 44.6 Å². The fraction of sp³-hybridized carbons (Fsp3) is 0.933. The van der Waals surface area contributed by atoms with Crippen molar-refractivity contribution in [2.45, 2.75) is 65.0 Å². The molecular formula is C15H31N3O. The second-order valence-electron chi connectivity index (χ2n) is 6.24. The lowest BCUT2D eigenvalue weighted by Crippen LogP contribution is -2.46. The number of rotatable bonds is 7. The lowest BCUT2D eigenvalue weighted by atomic mass is 9.90. The van der Waals surface area contributed by atoms with E-state index in [0.717, 1.165) is 45.2 Å². The molecule has 0 aromatic rings. The number of nitrogens with zero attached hydrogens (tertiary/aromatic N) is 1. The average Bonchev–Trinajstić information content (AvgIpc) is 2.37. The van der Waals surface area contributed by atoms with E-state index in [-0.39, 0.29) is 5.91 Å². The Balaban J connectivity index is 2.41. The molecule has 0 aliphatic heterocycles. The maximum atomic E-state index is 12.0. The molecule has 0 bridgehead atoms. The molecule has 1 fully saturated rings. The summed E-state index contributed by atoms with van der Waals surface area (Å²) in [5, 5.41) is 3.01. The van der Waals surface area contributed by atoms with E-state index in [1.165, 1.54) is 0 Å². The van der Waals surface area contributed by atoms with Crippen LogP contribution in [0.2, 0.25) is 0 Å². The molecule has 19 heavy (non-hydrogen) atoms. The van der Waals surface area contributed by atoms with E-state index in [4.69, 9.17) is 5.73 Å². The van der Waals surface area contributed by atoms with Gasteiger partial charge in [0.05, 0.1) is 6.54 Å². The molecule has 0 atom stereocenters. The van der Waals surface area contributed by atoms with E-state index in [2.05, 4.69) is 31.0 Å². The largest absolute Gasteiger partial charge is 0.355 e. The Hall–Kier alpha value is -0.610. The number of amides is 1. The van der Waals surface area contributed by atoms with Crippen molar-refractivity contribution in [3.8, 4) is 0 Å². The predicted octanol–water partition coefficient (Wildman–Crippen LogP) is 1.74. The normalized spacial score (nSPS) is 23.9. The van der Waals surface area contributed by atoms with Crippen molar-refractivity contribution < 1.29 is 4.79 Å². The molecule has 0 spiro atoms. The molecule has 1 amide bonds. The van der Waals surface area contributed by atoms with Gasteiger partial charge >= 0.3 is 0 Å². The molecule has 0 aromatic carbocycles. The lowest BCUT2D eigenvalue weighted by molar-refractivity contribution is -0.123. The minimum Gasteiger partial charge on any atom is -0.355 e. The lowest BCUT2D eigenvalue weighted by Gasteiger charge is -2.35. The van der Waals surface area contributed by atoms with Crippen LogP contribution >= 0.6 is 0 Å². The third-order valence-corrected chi connectivity index (χ3v) is 3.82. The van der Waals surface area contributed by atoms with Gasteiger partial charge in [-0.3, -0.25) is 9.69 Å². The first kappa shape index (κ1) is 16.4. The molecule has 1 saturated carbocycles. The molecule has 0 radical (unpaired) electrons. The smallest absolute Gasteiger partial charge is 0.234 e. The summed E-state index contributed by atoms with van der Waals surface area (Å²) >= 11 is 0. The highest BCUT2D eigenvalue weighted by Crippen LogP contribution is 2.22. The van der Waals surface area contributed by atoms with Gasteiger partial charge in [-0.2, -0.15) is 0 Å². The molecular weight excluding hydrogens is 238 g/mol. The van der Waals surface area contributed by atoms with Crippen molar-refractivity contribution in [1.82, 2.24) is 10.2 Å². The van der Waals surface area contributed by atoms with Gasteiger partial charge in [0.25, 0.3) is 0 Å². The Morgan fingerprint density at radius 3 is 2.47 bits per heavy atom. The van der Waals surface area contributed by atoms with E-state index in [9.17, 15) is 4.79 Å². The first-order valence-electron chi connectivity index (χ1n) is 7.79. The fourth-order valence-electron chi connectivity index (χ4n) is 2.70. The monoisotopic (exact) mass is 269 g/mol. The zero-order valence-corrected chi connectivity index (χ0v) is 12.8. The van der Waals surface area contributed by atoms with Crippen LogP contribution in [0.15, 0.2) is 0 Å². The Bertz CT molecular complexity index is 260. The summed E-state index contributed by atoms with van der Waals surface area (Å²) in [6.45, 7) is 8.73. The molecule has 1 aliphatic carbocycles. The number of hydrogen-bond donors (Lipinski definition) is 2. The minimum atomic E-state index is 0.164. The second kappa shape index (κ2) is 8.54. The van der Waals surface area contributed by atoms with Crippen molar-refractivity contribution in [1.29, 1.82) is 0 Å². The minimum absolute atomic E-state index is 0.164. The maximum absolute atomic E-state index is 12.0. The van der Waals surface area contributed by atoms with Crippen LogP contribution in [-0.4, -0.2) is 42.5 Å². The summed E-state index contributed by atoms with van der Waals surface area (Å²) in [6, 6.07) is 0.916. The zero-order valence-electron chi connectivity index (χ0n) is 12.8. The first-order chi connectivity index (χ1) is 9.02. The van der Waals surface area contributed by atoms with Gasteiger partial charge in [0.2, 0.25) is 5.91 Å². The third-order valence-electron chi connectivity index (χ3n) is 3.82. The van der Waals surface area contributed by atoms with Crippen molar-refractivity contribution in [3.63, 3.8) is 0 Å². The summed E-state index contributed by atoms with van der Waals surface area (Å²) < 4.78 is 0. The third kappa shape index (κ3) is 6.39. The Kier molecular flexibility index (Phi) is 7.39. The number of carbonyl (C=O) groups is 1. The van der Waals surface area contributed by atoms with E-state index >= 15 is 0 Å². The molecule has 112 valence electrons. The van der Waals surface area contributed by atoms with Gasteiger partial charge in [0, 0.05) is 18.6 Å². The highest BCUT2D eigenvalue weighted by atomic mass is 16.2. The van der Waals surface area contributed by atoms with E-state index in [0.29, 0.717) is 24.5 Å². The fourth-order valence-corrected chi connectivity index (χ4v) is 2.70. The number of hydrogen-bond acceptors (Lipinski definition) is 3. The first-order valence-corrected chi connectivity index (χ1v) is 7.79. The predicted molar refractivity (Wildman–Crippen MR) is 79.9 cm³/mol. The second-order valence-corrected chi connectivity index (χ2v) is 6.24. The average molecular weight is 269 g/mol. The summed E-state index contributed by atoms with van der Waals surface area (Å²) in [4.78, 5) is 14.3. The molecule has 1 rings (SSSR count). The van der Waals surface area contributed by atoms with Crippen molar-refractivity contribution in [3.05, 3.63) is 0 Å². The van der Waals surface area contributed by atoms with E-state index in [1.54, 1.807) is 0 Å². The van der Waals surface area contributed by atoms with Gasteiger partial charge < -0.3 is 11.1 Å². The SMILES string of the molecule is CCCN(CC(=O)NCC(C)C)C1CCC(N)CC1. The highest BCUT2D eigenvalue weighted by Gasteiger charge is 2.25. The van der Waals surface area contributed by atoms with Crippen LogP contribution in [0.1, 0.15) is 52.9 Å². The van der Waals surface area contributed by atoms with Crippen LogP contribution in [0.5, 0.6) is 0 Å². The van der Waals surface area contributed by atoms with Gasteiger partial charge in [-0.25, -0.2) is 0 Å². The molecule has 1 aliphatic rings. The molecule has 0 aromatic heterocycles. The Labute approximate surface area is 118 Å². The Morgan fingerprint density at radius 2 is 1.95 bits per heavy atom. The van der Waals surface area contributed by atoms with Gasteiger partial charge in [-0.15, -0.1) is 0 Å². The standard InChI is InChI=1S/C15H31N3O/c1-4-9-18(11-15(19)17-10-12(2)3)14-7-5-13(16)6-8-14/h12-14H,4-11,16H2,1-3H3,(H,17,19). The van der Waals surface area contributed by atoms with Crippen LogP contribution in [-0.2, 0) is 4.79 Å². The van der Waals surface area contributed by atoms with E-state index in [1.807, 2.05) is 0 Å². The van der Waals surface area contributed by atoms with Crippen molar-refractivity contribution in [2.24, 2.45) is 11.7 Å². The summed E-state index contributed by atoms with van der Waals surface area (Å²) in [5.74, 6) is 0.674. The topological polar surface area (TPSA) is 58.4 Å². The van der Waals surface area contributed by atoms with Gasteiger partial charge in [-0.1, -0.05) is 20.8 Å². The zero-order chi connectivity index (χ0) is 14.3. The van der Waals surface area contributed by atoms with Crippen LogP contribution in [0, 0.1) is 5.92 Å². The van der Waals surface area contributed by atoms with Crippen LogP contribution in [0.4, 0.5) is 0 Å². The summed E-state index contributed by atoms with van der Waals surface area (Å²) in [5.41, 5.74) is 5.96. The molecule has 3 N–H and O–H groups in total.